The highest BCUT2D eigenvalue weighted by Gasteiger charge is 2.34. The molecule has 0 atom stereocenters. The summed E-state index contributed by atoms with van der Waals surface area (Å²) in [6.07, 6.45) is -1.35. The highest BCUT2D eigenvalue weighted by Crippen LogP contribution is 2.37. The van der Waals surface area contributed by atoms with Crippen LogP contribution in [0.5, 0.6) is 0 Å². The number of rotatable bonds is 5. The highest BCUT2D eigenvalue weighted by atomic mass is 32.1. The van der Waals surface area contributed by atoms with Gasteiger partial charge in [0, 0.05) is 51.2 Å². The van der Waals surface area contributed by atoms with E-state index in [2.05, 4.69) is 20.3 Å². The molecule has 0 amide bonds. The molecule has 0 aliphatic carbocycles. The molecule has 9 nitrogen and oxygen atoms in total. The number of piperazine rings is 1. The van der Waals surface area contributed by atoms with Gasteiger partial charge in [-0.3, -0.25) is 30.2 Å². The molecule has 3 heterocycles. The highest BCUT2D eigenvalue weighted by molar-refractivity contribution is 7.22. The van der Waals surface area contributed by atoms with Gasteiger partial charge in [0.15, 0.2) is 0 Å². The lowest BCUT2D eigenvalue weighted by Crippen LogP contribution is -2.48. The Morgan fingerprint density at radius 3 is 2.47 bits per heavy atom. The third kappa shape index (κ3) is 4.84. The molecular weight excluding hydrogens is 449 g/mol. The van der Waals surface area contributed by atoms with E-state index in [4.69, 9.17) is 0 Å². The summed E-state index contributed by atoms with van der Waals surface area (Å²) in [5, 5.41) is 12.9. The van der Waals surface area contributed by atoms with Gasteiger partial charge in [0.25, 0.3) is 11.2 Å². The molecule has 168 valence electrons. The number of nitrogens with one attached hydrogen (secondary N) is 1. The van der Waals surface area contributed by atoms with Crippen LogP contribution in [-0.2, 0) is 12.7 Å². The predicted octanol–water partition coefficient (Wildman–Crippen LogP) is 3.12. The monoisotopic (exact) mass is 466 g/mol. The summed E-state index contributed by atoms with van der Waals surface area (Å²) in [5.41, 5.74) is 1.13. The molecule has 13 heteroatoms. The minimum atomic E-state index is -4.82. The Labute approximate surface area is 183 Å². The predicted molar refractivity (Wildman–Crippen MR) is 112 cm³/mol. The first-order valence-electron chi connectivity index (χ1n) is 9.54. The summed E-state index contributed by atoms with van der Waals surface area (Å²) in [6.45, 7) is 3.42. The van der Waals surface area contributed by atoms with Crippen molar-refractivity contribution in [2.45, 2.75) is 12.7 Å². The maximum absolute atomic E-state index is 13.1. The van der Waals surface area contributed by atoms with Gasteiger partial charge in [-0.15, -0.1) is 0 Å². The van der Waals surface area contributed by atoms with E-state index in [1.165, 1.54) is 0 Å². The van der Waals surface area contributed by atoms with Crippen molar-refractivity contribution in [3.63, 3.8) is 0 Å². The van der Waals surface area contributed by atoms with E-state index in [1.807, 2.05) is 17.1 Å². The molecule has 0 radical (unpaired) electrons. The smallest absolute Gasteiger partial charge is 0.296 e. The van der Waals surface area contributed by atoms with Crippen LogP contribution in [0.1, 0.15) is 11.1 Å². The SMILES string of the molecule is O=c1nc(NN2CCN(Cc3ccncc3)CC2)sc2c([N+](=O)[O-])cc(C(F)(F)F)cc12. The van der Waals surface area contributed by atoms with E-state index in [-0.39, 0.29) is 9.83 Å². The maximum Gasteiger partial charge on any atom is 0.416 e. The number of alkyl halides is 3. The van der Waals surface area contributed by atoms with Crippen molar-refractivity contribution in [3.8, 4) is 0 Å². The van der Waals surface area contributed by atoms with Crippen LogP contribution in [0.4, 0.5) is 24.0 Å². The van der Waals surface area contributed by atoms with Gasteiger partial charge in [0.2, 0.25) is 5.13 Å². The van der Waals surface area contributed by atoms with Gasteiger partial charge in [-0.2, -0.15) is 18.2 Å². The first kappa shape index (κ1) is 22.0. The zero-order valence-electron chi connectivity index (χ0n) is 16.5. The van der Waals surface area contributed by atoms with Crippen molar-refractivity contribution in [2.24, 2.45) is 0 Å². The zero-order chi connectivity index (χ0) is 22.9. The van der Waals surface area contributed by atoms with E-state index in [9.17, 15) is 28.1 Å². The zero-order valence-corrected chi connectivity index (χ0v) is 17.3. The Hall–Kier alpha value is -3.16. The molecule has 1 aliphatic heterocycles. The van der Waals surface area contributed by atoms with Crippen LogP contribution in [0.25, 0.3) is 10.1 Å². The number of hydrogen-bond donors (Lipinski definition) is 1. The number of nitro groups is 1. The van der Waals surface area contributed by atoms with Crippen LogP contribution in [-0.4, -0.2) is 51.0 Å². The number of nitrogens with zero attached hydrogens (tertiary/aromatic N) is 5. The fourth-order valence-corrected chi connectivity index (χ4v) is 4.39. The third-order valence-electron chi connectivity index (χ3n) is 5.01. The largest absolute Gasteiger partial charge is 0.416 e. The van der Waals surface area contributed by atoms with Crippen LogP contribution in [0.15, 0.2) is 41.5 Å². The average Bonchev–Trinajstić information content (AvgIpc) is 2.74. The van der Waals surface area contributed by atoms with Crippen LogP contribution >= 0.6 is 11.3 Å². The van der Waals surface area contributed by atoms with E-state index in [0.717, 1.165) is 36.5 Å². The molecule has 1 aliphatic rings. The number of halogens is 3. The normalized spacial score (nSPS) is 15.7. The second kappa shape index (κ2) is 8.76. The molecular formula is C19H17F3N6O3S. The van der Waals surface area contributed by atoms with Gasteiger partial charge in [-0.1, -0.05) is 11.3 Å². The molecule has 0 saturated carbocycles. The Balaban J connectivity index is 1.52. The van der Waals surface area contributed by atoms with Gasteiger partial charge in [0.05, 0.1) is 15.9 Å². The first-order valence-corrected chi connectivity index (χ1v) is 10.4. The average molecular weight is 466 g/mol. The molecule has 2 aromatic heterocycles. The minimum Gasteiger partial charge on any atom is -0.296 e. The number of aromatic nitrogens is 2. The fourth-order valence-electron chi connectivity index (χ4n) is 3.40. The lowest BCUT2D eigenvalue weighted by Gasteiger charge is -2.34. The Bertz CT molecular complexity index is 1200. The minimum absolute atomic E-state index is 0.0907. The van der Waals surface area contributed by atoms with Crippen LogP contribution in [0.2, 0.25) is 0 Å². The number of hydrogen-bond acceptors (Lipinski definition) is 9. The van der Waals surface area contributed by atoms with E-state index >= 15 is 0 Å². The molecule has 4 rings (SSSR count). The molecule has 1 aromatic carbocycles. The summed E-state index contributed by atoms with van der Waals surface area (Å²) in [7, 11) is 0. The van der Waals surface area contributed by atoms with Crippen LogP contribution < -0.4 is 11.0 Å². The Morgan fingerprint density at radius 2 is 1.84 bits per heavy atom. The van der Waals surface area contributed by atoms with E-state index < -0.39 is 33.3 Å². The summed E-state index contributed by atoms with van der Waals surface area (Å²) in [5.74, 6) is 0. The molecule has 1 fully saturated rings. The Kier molecular flexibility index (Phi) is 6.04. The molecule has 1 N–H and O–H groups in total. The van der Waals surface area contributed by atoms with Crippen molar-refractivity contribution in [1.82, 2.24) is 19.9 Å². The molecule has 0 unspecified atom stereocenters. The molecule has 1 saturated heterocycles. The second-order valence-electron chi connectivity index (χ2n) is 7.18. The summed E-state index contributed by atoms with van der Waals surface area (Å²) in [4.78, 5) is 32.9. The third-order valence-corrected chi connectivity index (χ3v) is 6.02. The lowest BCUT2D eigenvalue weighted by atomic mass is 10.1. The van der Waals surface area contributed by atoms with E-state index in [1.54, 1.807) is 12.4 Å². The molecule has 0 bridgehead atoms. The van der Waals surface area contributed by atoms with Crippen molar-refractivity contribution >= 4 is 32.2 Å². The quantitative estimate of drug-likeness (QED) is 0.452. The second-order valence-corrected chi connectivity index (χ2v) is 8.18. The number of anilines is 1. The number of pyridine rings is 1. The van der Waals surface area contributed by atoms with Gasteiger partial charge in [0.1, 0.15) is 4.70 Å². The summed E-state index contributed by atoms with van der Waals surface area (Å²) >= 11 is 0.779. The van der Waals surface area contributed by atoms with Gasteiger partial charge in [-0.25, -0.2) is 5.01 Å². The topological polar surface area (TPSA) is 104 Å². The van der Waals surface area contributed by atoms with Gasteiger partial charge in [-0.05, 0) is 23.8 Å². The van der Waals surface area contributed by atoms with Gasteiger partial charge < -0.3 is 0 Å². The van der Waals surface area contributed by atoms with Crippen molar-refractivity contribution in [3.05, 3.63) is 68.3 Å². The van der Waals surface area contributed by atoms with Crippen molar-refractivity contribution < 1.29 is 18.1 Å². The first-order chi connectivity index (χ1) is 15.2. The number of non-ortho nitro benzene ring substituents is 1. The number of fused-ring (bicyclic) bond motifs is 1. The lowest BCUT2D eigenvalue weighted by molar-refractivity contribution is -0.383. The Morgan fingerprint density at radius 1 is 1.16 bits per heavy atom. The number of hydrazine groups is 1. The fraction of sp³-hybridized carbons (Fsp3) is 0.316. The number of benzene rings is 1. The standard InChI is InChI=1S/C19H17F3N6O3S/c20-19(21,22)13-9-14-16(15(10-13)28(30)31)32-18(24-17(14)29)25-27-7-5-26(6-8-27)11-12-1-3-23-4-2-12/h1-4,9-10H,5-8,11H2,(H,24,25,29). The van der Waals surface area contributed by atoms with Crippen LogP contribution in [0.3, 0.4) is 0 Å². The molecule has 3 aromatic rings. The summed E-state index contributed by atoms with van der Waals surface area (Å²) in [6, 6.07) is 4.94. The van der Waals surface area contributed by atoms with E-state index in [0.29, 0.717) is 25.2 Å². The molecule has 0 spiro atoms. The maximum atomic E-state index is 13.1. The van der Waals surface area contributed by atoms with Crippen LogP contribution in [0, 0.1) is 10.1 Å². The summed E-state index contributed by atoms with van der Waals surface area (Å²) < 4.78 is 39.1. The van der Waals surface area contributed by atoms with Crippen molar-refractivity contribution in [2.75, 3.05) is 31.6 Å². The molecule has 32 heavy (non-hydrogen) atoms. The van der Waals surface area contributed by atoms with Crippen molar-refractivity contribution in [1.29, 1.82) is 0 Å². The van der Waals surface area contributed by atoms with Gasteiger partial charge >= 0.3 is 6.18 Å². The number of nitro benzene ring substituents is 1.